The average Bonchev–Trinajstić information content (AvgIpc) is 2.39. The molecule has 0 radical (unpaired) electrons. The van der Waals surface area contributed by atoms with E-state index in [9.17, 15) is 22.4 Å². The van der Waals surface area contributed by atoms with Gasteiger partial charge in [-0.2, -0.15) is 13.2 Å². The van der Waals surface area contributed by atoms with E-state index in [1.807, 2.05) is 0 Å². The molecular weight excluding hydrogens is 324 g/mol. The van der Waals surface area contributed by atoms with Gasteiger partial charge >= 0.3 is 5.51 Å². The Labute approximate surface area is 126 Å². The summed E-state index contributed by atoms with van der Waals surface area (Å²) >= 11 is 0.837. The number of halogens is 4. The number of alkyl halides is 3. The maximum Gasteiger partial charge on any atom is 0.446 e. The summed E-state index contributed by atoms with van der Waals surface area (Å²) in [5.74, 6) is -0.420. The molecule has 2 aromatic rings. The molecule has 0 aliphatic rings. The van der Waals surface area contributed by atoms with Gasteiger partial charge in [0.1, 0.15) is 5.82 Å². The first-order valence-corrected chi connectivity index (χ1v) is 7.29. The SMILES string of the molecule is O=Cc1cc(SC(F)(F)F)ccc1Sc1cccc(F)c1. The van der Waals surface area contributed by atoms with Crippen molar-refractivity contribution in [3.8, 4) is 0 Å². The van der Waals surface area contributed by atoms with Gasteiger partial charge in [0.05, 0.1) is 0 Å². The number of carbonyl (C=O) groups is 1. The van der Waals surface area contributed by atoms with Gasteiger partial charge < -0.3 is 0 Å². The van der Waals surface area contributed by atoms with E-state index in [4.69, 9.17) is 0 Å². The van der Waals surface area contributed by atoms with E-state index < -0.39 is 11.3 Å². The van der Waals surface area contributed by atoms with E-state index >= 15 is 0 Å². The van der Waals surface area contributed by atoms with Gasteiger partial charge in [-0.25, -0.2) is 4.39 Å². The molecule has 0 fully saturated rings. The molecule has 0 saturated carbocycles. The van der Waals surface area contributed by atoms with Crippen molar-refractivity contribution in [3.05, 3.63) is 53.8 Å². The molecule has 0 amide bonds. The molecule has 21 heavy (non-hydrogen) atoms. The van der Waals surface area contributed by atoms with E-state index in [1.165, 1.54) is 36.4 Å². The molecule has 2 aromatic carbocycles. The summed E-state index contributed by atoms with van der Waals surface area (Å²) in [5.41, 5.74) is -4.27. The zero-order valence-electron chi connectivity index (χ0n) is 10.4. The van der Waals surface area contributed by atoms with Crippen LogP contribution in [0.25, 0.3) is 0 Å². The summed E-state index contributed by atoms with van der Waals surface area (Å²) in [6.45, 7) is 0. The van der Waals surface area contributed by atoms with Gasteiger partial charge in [-0.3, -0.25) is 4.79 Å². The minimum Gasteiger partial charge on any atom is -0.298 e. The van der Waals surface area contributed by atoms with E-state index in [-0.39, 0.29) is 22.2 Å². The van der Waals surface area contributed by atoms with Gasteiger partial charge in [-0.15, -0.1) is 0 Å². The van der Waals surface area contributed by atoms with Crippen molar-refractivity contribution >= 4 is 29.8 Å². The first-order valence-electron chi connectivity index (χ1n) is 5.66. The lowest BCUT2D eigenvalue weighted by atomic mass is 10.2. The van der Waals surface area contributed by atoms with E-state index in [1.54, 1.807) is 6.07 Å². The van der Waals surface area contributed by atoms with Crippen molar-refractivity contribution in [2.24, 2.45) is 0 Å². The molecule has 0 heterocycles. The van der Waals surface area contributed by atoms with Crippen LogP contribution in [0.1, 0.15) is 10.4 Å². The highest BCUT2D eigenvalue weighted by molar-refractivity contribution is 8.00. The largest absolute Gasteiger partial charge is 0.446 e. The van der Waals surface area contributed by atoms with Crippen molar-refractivity contribution < 1.29 is 22.4 Å². The first-order chi connectivity index (χ1) is 9.87. The van der Waals surface area contributed by atoms with Crippen LogP contribution < -0.4 is 0 Å². The predicted molar refractivity (Wildman–Crippen MR) is 74.3 cm³/mol. The second-order valence-electron chi connectivity index (χ2n) is 3.92. The Morgan fingerprint density at radius 3 is 2.38 bits per heavy atom. The Kier molecular flexibility index (Phi) is 4.95. The van der Waals surface area contributed by atoms with Gasteiger partial charge in [0.15, 0.2) is 6.29 Å². The lowest BCUT2D eigenvalue weighted by Gasteiger charge is -2.09. The standard InChI is InChI=1S/C14H8F4OS2/c15-10-2-1-3-11(7-10)20-13-5-4-12(6-9(13)8-19)21-14(16,17)18/h1-8H. The normalized spacial score (nSPS) is 11.4. The molecule has 0 bridgehead atoms. The van der Waals surface area contributed by atoms with Crippen LogP contribution in [0.5, 0.6) is 0 Å². The summed E-state index contributed by atoms with van der Waals surface area (Å²) in [4.78, 5) is 12.0. The number of hydrogen-bond donors (Lipinski definition) is 0. The van der Waals surface area contributed by atoms with E-state index in [2.05, 4.69) is 0 Å². The number of rotatable bonds is 4. The van der Waals surface area contributed by atoms with Gasteiger partial charge in [-0.1, -0.05) is 17.8 Å². The molecule has 1 nitrogen and oxygen atoms in total. The van der Waals surface area contributed by atoms with Crippen LogP contribution in [0.4, 0.5) is 17.6 Å². The minimum absolute atomic E-state index is 0.0619. The van der Waals surface area contributed by atoms with Gasteiger partial charge in [0.2, 0.25) is 0 Å². The lowest BCUT2D eigenvalue weighted by Crippen LogP contribution is -1.99. The Balaban J connectivity index is 2.26. The zero-order valence-corrected chi connectivity index (χ0v) is 12.0. The van der Waals surface area contributed by atoms with E-state index in [0.717, 1.165) is 11.8 Å². The van der Waals surface area contributed by atoms with Crippen LogP contribution in [-0.2, 0) is 0 Å². The van der Waals surface area contributed by atoms with Crippen molar-refractivity contribution in [1.29, 1.82) is 0 Å². The molecule has 0 saturated heterocycles. The molecule has 0 aromatic heterocycles. The van der Waals surface area contributed by atoms with Gasteiger partial charge in [0, 0.05) is 20.2 Å². The fourth-order valence-electron chi connectivity index (χ4n) is 1.57. The quantitative estimate of drug-likeness (QED) is 0.424. The minimum atomic E-state index is -4.41. The molecule has 2 rings (SSSR count). The molecule has 0 atom stereocenters. The molecule has 0 spiro atoms. The Morgan fingerprint density at radius 1 is 1.00 bits per heavy atom. The third-order valence-corrected chi connectivity index (χ3v) is 4.17. The third-order valence-electron chi connectivity index (χ3n) is 2.37. The summed E-state index contributed by atoms with van der Waals surface area (Å²) in [7, 11) is 0. The van der Waals surface area contributed by atoms with Crippen LogP contribution in [0.15, 0.2) is 57.2 Å². The van der Waals surface area contributed by atoms with Crippen LogP contribution in [0.2, 0.25) is 0 Å². The number of thioether (sulfide) groups is 1. The number of hydrogen-bond acceptors (Lipinski definition) is 3. The smallest absolute Gasteiger partial charge is 0.298 e. The van der Waals surface area contributed by atoms with Crippen molar-refractivity contribution in [3.63, 3.8) is 0 Å². The number of aldehydes is 1. The van der Waals surface area contributed by atoms with Crippen LogP contribution in [-0.4, -0.2) is 11.8 Å². The monoisotopic (exact) mass is 332 g/mol. The van der Waals surface area contributed by atoms with E-state index in [0.29, 0.717) is 16.1 Å². The summed E-state index contributed by atoms with van der Waals surface area (Å²) in [6, 6.07) is 9.63. The Bertz CT molecular complexity index is 656. The fourth-order valence-corrected chi connectivity index (χ4v) is 3.09. The maximum absolute atomic E-state index is 13.1. The van der Waals surface area contributed by atoms with Crippen LogP contribution in [0, 0.1) is 5.82 Å². The molecule has 7 heteroatoms. The fraction of sp³-hybridized carbons (Fsp3) is 0.0714. The summed E-state index contributed by atoms with van der Waals surface area (Å²) in [5, 5.41) is 0. The number of carbonyl (C=O) groups excluding carboxylic acids is 1. The molecule has 110 valence electrons. The highest BCUT2D eigenvalue weighted by Crippen LogP contribution is 2.39. The average molecular weight is 332 g/mol. The van der Waals surface area contributed by atoms with Crippen molar-refractivity contribution in [2.75, 3.05) is 0 Å². The van der Waals surface area contributed by atoms with Gasteiger partial charge in [-0.05, 0) is 48.2 Å². The second-order valence-corrected chi connectivity index (χ2v) is 6.18. The molecule has 0 N–H and O–H groups in total. The highest BCUT2D eigenvalue weighted by Gasteiger charge is 2.29. The predicted octanol–water partition coefficient (Wildman–Crippen LogP) is 5.40. The first kappa shape index (κ1) is 15.9. The Morgan fingerprint density at radius 2 is 1.76 bits per heavy atom. The Hall–Kier alpha value is -1.47. The lowest BCUT2D eigenvalue weighted by molar-refractivity contribution is -0.0328. The molecule has 0 unspecified atom stereocenters. The molecule has 0 aliphatic carbocycles. The second kappa shape index (κ2) is 6.53. The molecule has 0 aliphatic heterocycles. The summed E-state index contributed by atoms with van der Waals surface area (Å²) in [6.07, 6.45) is 0.488. The summed E-state index contributed by atoms with van der Waals surface area (Å²) < 4.78 is 50.0. The zero-order chi connectivity index (χ0) is 15.5. The van der Waals surface area contributed by atoms with Crippen LogP contribution >= 0.6 is 23.5 Å². The molecular formula is C14H8F4OS2. The third kappa shape index (κ3) is 4.78. The van der Waals surface area contributed by atoms with Crippen molar-refractivity contribution in [2.45, 2.75) is 20.2 Å². The maximum atomic E-state index is 13.1. The van der Waals surface area contributed by atoms with Gasteiger partial charge in [0.25, 0.3) is 0 Å². The van der Waals surface area contributed by atoms with Crippen LogP contribution in [0.3, 0.4) is 0 Å². The van der Waals surface area contributed by atoms with Crippen molar-refractivity contribution in [1.82, 2.24) is 0 Å². The number of benzene rings is 2. The topological polar surface area (TPSA) is 17.1 Å². The highest BCUT2D eigenvalue weighted by atomic mass is 32.2.